The van der Waals surface area contributed by atoms with Crippen molar-refractivity contribution in [1.29, 1.82) is 0 Å². The summed E-state index contributed by atoms with van der Waals surface area (Å²) in [6.07, 6.45) is 6.48. The summed E-state index contributed by atoms with van der Waals surface area (Å²) in [7, 11) is 0. The molecule has 0 aromatic heterocycles. The van der Waals surface area contributed by atoms with Gasteiger partial charge in [0, 0.05) is 0 Å². The topological polar surface area (TPSA) is 26.3 Å². The van der Waals surface area contributed by atoms with E-state index in [-0.39, 0.29) is 17.5 Å². The molecule has 0 aliphatic heterocycles. The highest BCUT2D eigenvalue weighted by Gasteiger charge is 2.28. The van der Waals surface area contributed by atoms with Gasteiger partial charge in [-0.15, -0.1) is 0 Å². The second-order valence-corrected chi connectivity index (χ2v) is 5.17. The lowest BCUT2D eigenvalue weighted by molar-refractivity contribution is -0.160. The first kappa shape index (κ1) is 15.5. The third kappa shape index (κ3) is 5.53. The summed E-state index contributed by atoms with van der Waals surface area (Å²) in [6.45, 7) is 10.2. The van der Waals surface area contributed by atoms with Crippen LogP contribution in [0.25, 0.3) is 0 Å². The smallest absolute Gasteiger partial charge is 0.311 e. The molecule has 0 aliphatic rings. The fraction of sp³-hybridized carbons (Fsp3) is 0.929. The minimum absolute atomic E-state index is 0.0432. The summed E-state index contributed by atoms with van der Waals surface area (Å²) in [5.41, 5.74) is -0.335. The first-order valence-electron chi connectivity index (χ1n) is 6.69. The third-order valence-corrected chi connectivity index (χ3v) is 3.30. The molecule has 0 bridgehead atoms. The zero-order chi connectivity index (χ0) is 12.6. The van der Waals surface area contributed by atoms with Crippen LogP contribution in [0.5, 0.6) is 0 Å². The van der Waals surface area contributed by atoms with Gasteiger partial charge in [0.2, 0.25) is 0 Å². The Hall–Kier alpha value is -0.530. The predicted molar refractivity (Wildman–Crippen MR) is 68.4 cm³/mol. The first-order chi connectivity index (χ1) is 7.47. The second-order valence-electron chi connectivity index (χ2n) is 5.17. The largest absolute Gasteiger partial charge is 0.462 e. The monoisotopic (exact) mass is 228 g/mol. The van der Waals surface area contributed by atoms with Crippen molar-refractivity contribution in [2.75, 3.05) is 0 Å². The van der Waals surface area contributed by atoms with Crippen molar-refractivity contribution >= 4 is 5.97 Å². The zero-order valence-electron chi connectivity index (χ0n) is 11.6. The Balaban J connectivity index is 4.06. The Labute approximate surface area is 101 Å². The van der Waals surface area contributed by atoms with Gasteiger partial charge in [-0.05, 0) is 39.5 Å². The number of rotatable bonds is 8. The molecule has 96 valence electrons. The molecule has 0 spiro atoms. The number of ether oxygens (including phenoxy) is 1. The molecule has 16 heavy (non-hydrogen) atoms. The Morgan fingerprint density at radius 2 is 1.81 bits per heavy atom. The quantitative estimate of drug-likeness (QED) is 0.456. The van der Waals surface area contributed by atoms with Gasteiger partial charge >= 0.3 is 5.97 Å². The minimum atomic E-state index is -0.335. The van der Waals surface area contributed by atoms with Crippen molar-refractivity contribution in [3.8, 4) is 0 Å². The van der Waals surface area contributed by atoms with E-state index in [1.165, 1.54) is 12.8 Å². The van der Waals surface area contributed by atoms with Gasteiger partial charge in [-0.25, -0.2) is 0 Å². The number of carbonyl (C=O) groups is 1. The Morgan fingerprint density at radius 1 is 1.19 bits per heavy atom. The molecule has 0 fully saturated rings. The normalized spacial score (nSPS) is 13.6. The molecule has 2 nitrogen and oxygen atoms in total. The van der Waals surface area contributed by atoms with Crippen LogP contribution in [0.2, 0.25) is 0 Å². The van der Waals surface area contributed by atoms with E-state index in [2.05, 4.69) is 13.8 Å². The van der Waals surface area contributed by atoms with Gasteiger partial charge < -0.3 is 4.74 Å². The van der Waals surface area contributed by atoms with Gasteiger partial charge in [-0.1, -0.05) is 33.6 Å². The molecule has 0 radical (unpaired) electrons. The van der Waals surface area contributed by atoms with Crippen LogP contribution in [0.1, 0.15) is 73.1 Å². The highest BCUT2D eigenvalue weighted by molar-refractivity contribution is 5.75. The number of carbonyl (C=O) groups excluding carboxylic acids is 1. The van der Waals surface area contributed by atoms with E-state index in [0.717, 1.165) is 25.7 Å². The molecule has 2 heteroatoms. The number of esters is 1. The van der Waals surface area contributed by atoms with E-state index in [0.29, 0.717) is 0 Å². The van der Waals surface area contributed by atoms with Crippen molar-refractivity contribution in [3.63, 3.8) is 0 Å². The fourth-order valence-corrected chi connectivity index (χ4v) is 1.42. The molecule has 0 N–H and O–H groups in total. The summed E-state index contributed by atoms with van der Waals surface area (Å²) < 4.78 is 5.56. The van der Waals surface area contributed by atoms with Crippen LogP contribution in [0.3, 0.4) is 0 Å². The molecule has 0 saturated carbocycles. The van der Waals surface area contributed by atoms with Crippen molar-refractivity contribution < 1.29 is 9.53 Å². The zero-order valence-corrected chi connectivity index (χ0v) is 11.6. The van der Waals surface area contributed by atoms with Crippen molar-refractivity contribution in [3.05, 3.63) is 0 Å². The van der Waals surface area contributed by atoms with E-state index in [9.17, 15) is 4.79 Å². The summed E-state index contributed by atoms with van der Waals surface area (Å²) in [5, 5.41) is 0. The maximum absolute atomic E-state index is 11.9. The Kier molecular flexibility index (Phi) is 7.44. The second kappa shape index (κ2) is 7.70. The molecule has 1 unspecified atom stereocenters. The molecule has 0 aromatic carbocycles. The summed E-state index contributed by atoms with van der Waals surface area (Å²) >= 11 is 0. The van der Waals surface area contributed by atoms with Crippen LogP contribution in [-0.4, -0.2) is 12.1 Å². The predicted octanol–water partition coefficient (Wildman–Crippen LogP) is 4.32. The lowest BCUT2D eigenvalue weighted by atomic mass is 9.90. The van der Waals surface area contributed by atoms with Gasteiger partial charge in [-0.3, -0.25) is 4.79 Å². The number of hydrogen-bond acceptors (Lipinski definition) is 2. The number of unbranched alkanes of at least 4 members (excludes halogenated alkanes) is 2. The standard InChI is InChI=1S/C14H28O2/c1-6-9-10-11-12(7-2)16-13(15)14(4,5)8-3/h12H,6-11H2,1-5H3. The van der Waals surface area contributed by atoms with Gasteiger partial charge in [-0.2, -0.15) is 0 Å². The van der Waals surface area contributed by atoms with Crippen molar-refractivity contribution in [2.45, 2.75) is 79.2 Å². The molecular weight excluding hydrogens is 200 g/mol. The van der Waals surface area contributed by atoms with Gasteiger partial charge in [0.1, 0.15) is 6.10 Å². The molecule has 0 saturated heterocycles. The van der Waals surface area contributed by atoms with Crippen LogP contribution >= 0.6 is 0 Å². The minimum Gasteiger partial charge on any atom is -0.462 e. The highest BCUT2D eigenvalue weighted by Crippen LogP contribution is 2.23. The average Bonchev–Trinajstić information content (AvgIpc) is 2.27. The summed E-state index contributed by atoms with van der Waals surface area (Å²) in [4.78, 5) is 11.9. The lowest BCUT2D eigenvalue weighted by Gasteiger charge is -2.24. The summed E-state index contributed by atoms with van der Waals surface area (Å²) in [6, 6.07) is 0. The van der Waals surface area contributed by atoms with Crippen LogP contribution < -0.4 is 0 Å². The first-order valence-corrected chi connectivity index (χ1v) is 6.69. The molecule has 0 aromatic rings. The average molecular weight is 228 g/mol. The van der Waals surface area contributed by atoms with Gasteiger partial charge in [0.05, 0.1) is 5.41 Å². The molecule has 1 atom stereocenters. The SMILES string of the molecule is CCCCCC(CC)OC(=O)C(C)(C)CC. The van der Waals surface area contributed by atoms with E-state index < -0.39 is 0 Å². The van der Waals surface area contributed by atoms with Gasteiger partial charge in [0.25, 0.3) is 0 Å². The van der Waals surface area contributed by atoms with E-state index in [1.807, 2.05) is 20.8 Å². The fourth-order valence-electron chi connectivity index (χ4n) is 1.42. The summed E-state index contributed by atoms with van der Waals surface area (Å²) in [5.74, 6) is -0.0432. The van der Waals surface area contributed by atoms with E-state index in [4.69, 9.17) is 4.74 Å². The van der Waals surface area contributed by atoms with Gasteiger partial charge in [0.15, 0.2) is 0 Å². The van der Waals surface area contributed by atoms with E-state index >= 15 is 0 Å². The molecule has 0 heterocycles. The van der Waals surface area contributed by atoms with Crippen LogP contribution in [0, 0.1) is 5.41 Å². The van der Waals surface area contributed by atoms with E-state index in [1.54, 1.807) is 0 Å². The maximum atomic E-state index is 11.9. The number of hydrogen-bond donors (Lipinski definition) is 0. The van der Waals surface area contributed by atoms with Crippen LogP contribution in [0.4, 0.5) is 0 Å². The third-order valence-electron chi connectivity index (χ3n) is 3.30. The Bertz CT molecular complexity index is 197. The molecule has 0 amide bonds. The molecule has 0 aliphatic carbocycles. The van der Waals surface area contributed by atoms with Crippen LogP contribution in [-0.2, 0) is 9.53 Å². The van der Waals surface area contributed by atoms with Crippen molar-refractivity contribution in [1.82, 2.24) is 0 Å². The van der Waals surface area contributed by atoms with Crippen molar-refractivity contribution in [2.24, 2.45) is 5.41 Å². The molecular formula is C14H28O2. The maximum Gasteiger partial charge on any atom is 0.311 e. The molecule has 0 rings (SSSR count). The highest BCUT2D eigenvalue weighted by atomic mass is 16.5. The Morgan fingerprint density at radius 3 is 2.25 bits per heavy atom. The lowest BCUT2D eigenvalue weighted by Crippen LogP contribution is -2.30. The van der Waals surface area contributed by atoms with Crippen LogP contribution in [0.15, 0.2) is 0 Å².